The Morgan fingerprint density at radius 1 is 1.30 bits per heavy atom. The number of methoxy groups -OCH3 is 1. The van der Waals surface area contributed by atoms with Crippen molar-refractivity contribution in [3.05, 3.63) is 42.0 Å². The van der Waals surface area contributed by atoms with Crippen LogP contribution >= 0.6 is 0 Å². The van der Waals surface area contributed by atoms with Gasteiger partial charge in [0, 0.05) is 37.4 Å². The minimum Gasteiger partial charge on any atom is -0.469 e. The summed E-state index contributed by atoms with van der Waals surface area (Å²) in [4.78, 5) is 40.5. The highest BCUT2D eigenvalue weighted by atomic mass is 16.5. The van der Waals surface area contributed by atoms with Gasteiger partial charge in [0.15, 0.2) is 5.60 Å². The van der Waals surface area contributed by atoms with Crippen LogP contribution in [0.5, 0.6) is 0 Å². The molecule has 3 rings (SSSR count). The lowest BCUT2D eigenvalue weighted by Crippen LogP contribution is -2.44. The second-order valence-electron chi connectivity index (χ2n) is 8.76. The zero-order chi connectivity index (χ0) is 24.0. The first-order valence-electron chi connectivity index (χ1n) is 11.6. The first-order chi connectivity index (χ1) is 15.8. The summed E-state index contributed by atoms with van der Waals surface area (Å²) in [6.45, 7) is 2.77. The van der Waals surface area contributed by atoms with Gasteiger partial charge in [-0.3, -0.25) is 14.4 Å². The van der Waals surface area contributed by atoms with Gasteiger partial charge in [-0.25, -0.2) is 0 Å². The van der Waals surface area contributed by atoms with Crippen LogP contribution < -0.4 is 4.90 Å². The molecule has 0 aromatic heterocycles. The molecule has 0 bridgehead atoms. The van der Waals surface area contributed by atoms with E-state index in [0.717, 1.165) is 12.8 Å². The number of hydrogen-bond acceptors (Lipinski definition) is 6. The quantitative estimate of drug-likeness (QED) is 0.316. The van der Waals surface area contributed by atoms with Crippen molar-refractivity contribution in [2.75, 3.05) is 31.7 Å². The van der Waals surface area contributed by atoms with E-state index in [4.69, 9.17) is 0 Å². The van der Waals surface area contributed by atoms with Crippen molar-refractivity contribution < 1.29 is 29.3 Å². The number of rotatable bonds is 10. The monoisotopic (exact) mass is 458 g/mol. The van der Waals surface area contributed by atoms with Crippen molar-refractivity contribution in [1.29, 1.82) is 0 Å². The van der Waals surface area contributed by atoms with E-state index >= 15 is 0 Å². The van der Waals surface area contributed by atoms with Gasteiger partial charge in [0.25, 0.3) is 5.91 Å². The molecule has 1 saturated heterocycles. The van der Waals surface area contributed by atoms with E-state index in [-0.39, 0.29) is 37.4 Å². The first-order valence-corrected chi connectivity index (χ1v) is 11.6. The normalized spacial score (nSPS) is 23.3. The third kappa shape index (κ3) is 5.12. The van der Waals surface area contributed by atoms with Crippen molar-refractivity contribution in [2.24, 2.45) is 5.92 Å². The summed E-state index contributed by atoms with van der Waals surface area (Å²) in [6, 6.07) is 7.07. The van der Waals surface area contributed by atoms with Gasteiger partial charge >= 0.3 is 5.97 Å². The Kier molecular flexibility index (Phi) is 8.26. The van der Waals surface area contributed by atoms with Gasteiger partial charge in [-0.2, -0.15) is 0 Å². The fourth-order valence-corrected chi connectivity index (χ4v) is 4.75. The van der Waals surface area contributed by atoms with Crippen LogP contribution in [0.15, 0.2) is 36.4 Å². The predicted octanol–water partition coefficient (Wildman–Crippen LogP) is 2.13. The molecule has 180 valence electrons. The van der Waals surface area contributed by atoms with Gasteiger partial charge in [-0.15, -0.1) is 0 Å². The molecule has 1 fully saturated rings. The lowest BCUT2D eigenvalue weighted by atomic mass is 9.83. The maximum atomic E-state index is 13.3. The van der Waals surface area contributed by atoms with Crippen molar-refractivity contribution in [2.45, 2.75) is 57.1 Å². The third-order valence-corrected chi connectivity index (χ3v) is 6.70. The van der Waals surface area contributed by atoms with Crippen molar-refractivity contribution in [3.63, 3.8) is 0 Å². The molecule has 0 saturated carbocycles. The van der Waals surface area contributed by atoms with Crippen molar-refractivity contribution >= 4 is 23.5 Å². The number of ether oxygens (including phenoxy) is 1. The Balaban J connectivity index is 1.68. The number of anilines is 1. The van der Waals surface area contributed by atoms with E-state index < -0.39 is 17.4 Å². The Bertz CT molecular complexity index is 901. The van der Waals surface area contributed by atoms with Gasteiger partial charge in [-0.1, -0.05) is 37.3 Å². The fraction of sp³-hybridized carbons (Fsp3) is 0.560. The molecule has 2 aliphatic heterocycles. The minimum absolute atomic E-state index is 0.0354. The van der Waals surface area contributed by atoms with Crippen molar-refractivity contribution in [3.8, 4) is 0 Å². The summed E-state index contributed by atoms with van der Waals surface area (Å²) in [5.41, 5.74) is -0.506. The fourth-order valence-electron chi connectivity index (χ4n) is 4.75. The number of esters is 1. The van der Waals surface area contributed by atoms with Crippen LogP contribution in [-0.4, -0.2) is 65.7 Å². The largest absolute Gasteiger partial charge is 0.469 e. The molecule has 0 spiro atoms. The third-order valence-electron chi connectivity index (χ3n) is 6.70. The molecule has 2 amide bonds. The molecule has 2 aliphatic rings. The SMILES string of the molecule is COC(=O)CCCCN1C(=O)[C@](O)([C@H](C)/C=C/CC(=O)N2CCC[C@H]2CO)c2ccccc21. The lowest BCUT2D eigenvalue weighted by Gasteiger charge is -2.28. The first kappa shape index (κ1) is 24.9. The van der Waals surface area contributed by atoms with E-state index in [9.17, 15) is 24.6 Å². The standard InChI is InChI=1S/C25H34N2O6/c1-18(9-7-13-22(29)26-16-8-10-19(26)17-28)25(32)20-11-3-4-12-21(20)27(24(25)31)15-6-5-14-23(30)33-2/h3-4,7,9,11-12,18-19,28,32H,5-6,8,10,13-17H2,1-2H3/b9-7+/t18-,19+,25+/m1/s1. The average molecular weight is 459 g/mol. The van der Waals surface area contributed by atoms with E-state index in [1.165, 1.54) is 7.11 Å². The van der Waals surface area contributed by atoms with Crippen molar-refractivity contribution in [1.82, 2.24) is 4.90 Å². The van der Waals surface area contributed by atoms with Gasteiger partial charge in [0.05, 0.1) is 25.4 Å². The second-order valence-corrected chi connectivity index (χ2v) is 8.76. The van der Waals surface area contributed by atoms with Gasteiger partial charge in [0.1, 0.15) is 0 Å². The smallest absolute Gasteiger partial charge is 0.305 e. The highest BCUT2D eigenvalue weighted by Gasteiger charge is 2.52. The van der Waals surface area contributed by atoms with E-state index in [0.29, 0.717) is 37.2 Å². The highest BCUT2D eigenvalue weighted by Crippen LogP contribution is 2.45. The lowest BCUT2D eigenvalue weighted by molar-refractivity contribution is -0.140. The van der Waals surface area contributed by atoms with Gasteiger partial charge in [-0.05, 0) is 31.7 Å². The zero-order valence-corrected chi connectivity index (χ0v) is 19.4. The number of unbranched alkanes of at least 4 members (excludes halogenated alkanes) is 1. The number of benzene rings is 1. The average Bonchev–Trinajstić information content (AvgIpc) is 3.39. The van der Waals surface area contributed by atoms with E-state index in [1.54, 1.807) is 41.0 Å². The van der Waals surface area contributed by atoms with Crippen LogP contribution in [0.2, 0.25) is 0 Å². The summed E-state index contributed by atoms with van der Waals surface area (Å²) < 4.78 is 4.66. The Morgan fingerprint density at radius 2 is 2.06 bits per heavy atom. The van der Waals surface area contributed by atoms with Gasteiger partial charge in [0.2, 0.25) is 5.91 Å². The van der Waals surface area contributed by atoms with Crippen LogP contribution in [0.4, 0.5) is 5.69 Å². The van der Waals surface area contributed by atoms with Crippen LogP contribution in [0.25, 0.3) is 0 Å². The summed E-state index contributed by atoms with van der Waals surface area (Å²) >= 11 is 0. The molecule has 8 nitrogen and oxygen atoms in total. The number of carbonyl (C=O) groups excluding carboxylic acids is 3. The zero-order valence-electron chi connectivity index (χ0n) is 19.4. The van der Waals surface area contributed by atoms with Gasteiger partial charge < -0.3 is 24.7 Å². The summed E-state index contributed by atoms with van der Waals surface area (Å²) in [5, 5.41) is 21.0. The number of amides is 2. The topological polar surface area (TPSA) is 107 Å². The maximum Gasteiger partial charge on any atom is 0.305 e. The Morgan fingerprint density at radius 3 is 2.79 bits per heavy atom. The Hall–Kier alpha value is -2.71. The molecular formula is C25H34N2O6. The van der Waals surface area contributed by atoms with Crippen LogP contribution in [0.3, 0.4) is 0 Å². The molecule has 0 radical (unpaired) electrons. The minimum atomic E-state index is -1.72. The highest BCUT2D eigenvalue weighted by molar-refractivity contribution is 6.07. The Labute approximate surface area is 194 Å². The second kappa shape index (κ2) is 10.9. The number of para-hydroxylation sites is 1. The maximum absolute atomic E-state index is 13.3. The molecule has 1 aromatic rings. The molecular weight excluding hydrogens is 424 g/mol. The number of aliphatic hydroxyl groups is 2. The number of fused-ring (bicyclic) bond motifs is 1. The molecule has 0 aliphatic carbocycles. The molecule has 1 aromatic carbocycles. The van der Waals surface area contributed by atoms with Crippen LogP contribution in [-0.2, 0) is 24.7 Å². The van der Waals surface area contributed by atoms with E-state index in [2.05, 4.69) is 4.74 Å². The molecule has 2 heterocycles. The number of aliphatic hydroxyl groups excluding tert-OH is 1. The van der Waals surface area contributed by atoms with E-state index in [1.807, 2.05) is 12.1 Å². The molecule has 8 heteroatoms. The number of likely N-dealkylation sites (tertiary alicyclic amines) is 1. The molecule has 0 unspecified atom stereocenters. The van der Waals surface area contributed by atoms with Crippen LogP contribution in [0, 0.1) is 5.92 Å². The summed E-state index contributed by atoms with van der Waals surface area (Å²) in [5.74, 6) is -1.30. The number of nitrogens with zero attached hydrogens (tertiary/aromatic N) is 2. The predicted molar refractivity (Wildman–Crippen MR) is 123 cm³/mol. The summed E-state index contributed by atoms with van der Waals surface area (Å²) in [6.07, 6.45) is 6.74. The van der Waals surface area contributed by atoms with Crippen LogP contribution in [0.1, 0.15) is 51.0 Å². The number of carbonyl (C=O) groups is 3. The number of hydrogen-bond donors (Lipinski definition) is 2. The molecule has 2 N–H and O–H groups in total. The molecule has 3 atom stereocenters. The molecule has 33 heavy (non-hydrogen) atoms. The summed E-state index contributed by atoms with van der Waals surface area (Å²) in [7, 11) is 1.35.